The van der Waals surface area contributed by atoms with Crippen molar-refractivity contribution in [2.75, 3.05) is 0 Å². The molecule has 2 aromatic rings. The Morgan fingerprint density at radius 2 is 1.85 bits per heavy atom. The average molecular weight is 266 g/mol. The third kappa shape index (κ3) is 4.09. The summed E-state index contributed by atoms with van der Waals surface area (Å²) < 4.78 is 5.71. The van der Waals surface area contributed by atoms with E-state index in [-0.39, 0.29) is 5.78 Å². The fourth-order valence-corrected chi connectivity index (χ4v) is 1.88. The van der Waals surface area contributed by atoms with E-state index in [1.165, 1.54) is 0 Å². The Labute approximate surface area is 119 Å². The third-order valence-corrected chi connectivity index (χ3v) is 2.87. The standard InChI is InChI=1S/C18H18O2/c1-14(2)11-18(19)16-9-6-10-17(12-16)20-13-15-7-4-3-5-8-15/h3-10,12H,1,11,13H2,2H3. The highest BCUT2D eigenvalue weighted by atomic mass is 16.5. The van der Waals surface area contributed by atoms with Gasteiger partial charge in [0, 0.05) is 12.0 Å². The highest BCUT2D eigenvalue weighted by molar-refractivity contribution is 5.97. The molecule has 0 N–H and O–H groups in total. The molecule has 0 aliphatic rings. The first-order valence-corrected chi connectivity index (χ1v) is 6.59. The van der Waals surface area contributed by atoms with Crippen LogP contribution < -0.4 is 4.74 Å². The second kappa shape index (κ2) is 6.71. The van der Waals surface area contributed by atoms with Crippen molar-refractivity contribution >= 4 is 5.78 Å². The van der Waals surface area contributed by atoms with Crippen LogP contribution in [-0.2, 0) is 6.61 Å². The van der Waals surface area contributed by atoms with Gasteiger partial charge in [-0.15, -0.1) is 0 Å². The van der Waals surface area contributed by atoms with Crippen molar-refractivity contribution in [2.24, 2.45) is 0 Å². The van der Waals surface area contributed by atoms with Crippen LogP contribution in [0.4, 0.5) is 0 Å². The Balaban J connectivity index is 2.02. The van der Waals surface area contributed by atoms with Gasteiger partial charge in [0.05, 0.1) is 0 Å². The molecule has 0 saturated carbocycles. The van der Waals surface area contributed by atoms with E-state index in [4.69, 9.17) is 4.74 Å². The Morgan fingerprint density at radius 3 is 2.55 bits per heavy atom. The van der Waals surface area contributed by atoms with Crippen LogP contribution in [0.3, 0.4) is 0 Å². The molecular weight excluding hydrogens is 248 g/mol. The first-order chi connectivity index (χ1) is 9.65. The Morgan fingerprint density at radius 1 is 1.10 bits per heavy atom. The zero-order valence-electron chi connectivity index (χ0n) is 11.6. The smallest absolute Gasteiger partial charge is 0.167 e. The lowest BCUT2D eigenvalue weighted by Gasteiger charge is -2.08. The van der Waals surface area contributed by atoms with Crippen molar-refractivity contribution in [3.05, 3.63) is 77.9 Å². The van der Waals surface area contributed by atoms with Crippen molar-refractivity contribution in [3.8, 4) is 5.75 Å². The summed E-state index contributed by atoms with van der Waals surface area (Å²) in [6.45, 7) is 6.12. The maximum absolute atomic E-state index is 12.0. The largest absolute Gasteiger partial charge is 0.489 e. The molecule has 2 rings (SSSR count). The summed E-state index contributed by atoms with van der Waals surface area (Å²) in [6, 6.07) is 17.2. The summed E-state index contributed by atoms with van der Waals surface area (Å²) in [7, 11) is 0. The number of hydrogen-bond donors (Lipinski definition) is 0. The summed E-state index contributed by atoms with van der Waals surface area (Å²) in [4.78, 5) is 12.0. The van der Waals surface area contributed by atoms with E-state index in [0.29, 0.717) is 24.3 Å². The molecule has 0 radical (unpaired) electrons. The van der Waals surface area contributed by atoms with Crippen molar-refractivity contribution in [1.29, 1.82) is 0 Å². The van der Waals surface area contributed by atoms with E-state index in [1.54, 1.807) is 12.1 Å². The zero-order chi connectivity index (χ0) is 14.4. The summed E-state index contributed by atoms with van der Waals surface area (Å²) in [6.07, 6.45) is 0.377. The molecule has 2 nitrogen and oxygen atoms in total. The van der Waals surface area contributed by atoms with Gasteiger partial charge in [-0.2, -0.15) is 0 Å². The molecule has 0 fully saturated rings. The minimum absolute atomic E-state index is 0.0719. The maximum atomic E-state index is 12.0. The van der Waals surface area contributed by atoms with Gasteiger partial charge in [-0.3, -0.25) is 4.79 Å². The number of ether oxygens (including phenoxy) is 1. The number of carbonyl (C=O) groups is 1. The maximum Gasteiger partial charge on any atom is 0.167 e. The van der Waals surface area contributed by atoms with E-state index in [2.05, 4.69) is 6.58 Å². The van der Waals surface area contributed by atoms with Gasteiger partial charge in [-0.25, -0.2) is 0 Å². The third-order valence-electron chi connectivity index (χ3n) is 2.87. The molecule has 0 bridgehead atoms. The Bertz CT molecular complexity index is 600. The first kappa shape index (κ1) is 14.1. The monoisotopic (exact) mass is 266 g/mol. The van der Waals surface area contributed by atoms with Gasteiger partial charge >= 0.3 is 0 Å². The van der Waals surface area contributed by atoms with E-state index < -0.39 is 0 Å². The molecule has 2 heteroatoms. The lowest BCUT2D eigenvalue weighted by molar-refractivity contribution is 0.0992. The second-order valence-corrected chi connectivity index (χ2v) is 4.86. The number of benzene rings is 2. The SMILES string of the molecule is C=C(C)CC(=O)c1cccc(OCc2ccccc2)c1. The highest BCUT2D eigenvalue weighted by Gasteiger charge is 2.07. The predicted octanol–water partition coefficient (Wildman–Crippen LogP) is 4.41. The van der Waals surface area contributed by atoms with Crippen LogP contribution >= 0.6 is 0 Å². The molecule has 0 heterocycles. The molecule has 102 valence electrons. The fourth-order valence-electron chi connectivity index (χ4n) is 1.88. The first-order valence-electron chi connectivity index (χ1n) is 6.59. The van der Waals surface area contributed by atoms with Crippen LogP contribution in [0.5, 0.6) is 5.75 Å². The minimum Gasteiger partial charge on any atom is -0.489 e. The number of Topliss-reactive ketones (excluding diaryl/α,β-unsaturated/α-hetero) is 1. The van der Waals surface area contributed by atoms with Crippen LogP contribution in [0, 0.1) is 0 Å². The Kier molecular flexibility index (Phi) is 4.72. The lowest BCUT2D eigenvalue weighted by Crippen LogP contribution is -2.01. The number of rotatable bonds is 6. The van der Waals surface area contributed by atoms with Crippen molar-refractivity contribution < 1.29 is 9.53 Å². The molecule has 0 aromatic heterocycles. The van der Waals surface area contributed by atoms with Crippen LogP contribution in [0.1, 0.15) is 29.3 Å². The average Bonchev–Trinajstić information content (AvgIpc) is 2.46. The molecule has 0 aliphatic carbocycles. The summed E-state index contributed by atoms with van der Waals surface area (Å²) in [5, 5.41) is 0. The van der Waals surface area contributed by atoms with E-state index in [9.17, 15) is 4.79 Å². The predicted molar refractivity (Wildman–Crippen MR) is 81.0 cm³/mol. The van der Waals surface area contributed by atoms with Crippen LogP contribution in [0.15, 0.2) is 66.7 Å². The lowest BCUT2D eigenvalue weighted by atomic mass is 10.0. The molecule has 20 heavy (non-hydrogen) atoms. The number of hydrogen-bond acceptors (Lipinski definition) is 2. The van der Waals surface area contributed by atoms with Crippen LogP contribution in [-0.4, -0.2) is 5.78 Å². The fraction of sp³-hybridized carbons (Fsp3) is 0.167. The van der Waals surface area contributed by atoms with Crippen LogP contribution in [0.25, 0.3) is 0 Å². The zero-order valence-corrected chi connectivity index (χ0v) is 11.6. The number of carbonyl (C=O) groups excluding carboxylic acids is 1. The molecule has 0 aliphatic heterocycles. The van der Waals surface area contributed by atoms with Gasteiger partial charge in [0.1, 0.15) is 12.4 Å². The minimum atomic E-state index is 0.0719. The van der Waals surface area contributed by atoms with Gasteiger partial charge in [0.25, 0.3) is 0 Å². The molecular formula is C18H18O2. The van der Waals surface area contributed by atoms with E-state index >= 15 is 0 Å². The quantitative estimate of drug-likeness (QED) is 0.571. The summed E-state index contributed by atoms with van der Waals surface area (Å²) in [5.41, 5.74) is 2.63. The molecule has 2 aromatic carbocycles. The van der Waals surface area contributed by atoms with E-state index in [1.807, 2.05) is 49.4 Å². The molecule has 0 spiro atoms. The van der Waals surface area contributed by atoms with Crippen molar-refractivity contribution in [1.82, 2.24) is 0 Å². The van der Waals surface area contributed by atoms with Crippen LogP contribution in [0.2, 0.25) is 0 Å². The molecule has 0 amide bonds. The van der Waals surface area contributed by atoms with Gasteiger partial charge in [-0.1, -0.05) is 54.6 Å². The van der Waals surface area contributed by atoms with Crippen molar-refractivity contribution in [3.63, 3.8) is 0 Å². The normalized spacial score (nSPS) is 10.1. The Hall–Kier alpha value is -2.35. The molecule has 0 saturated heterocycles. The van der Waals surface area contributed by atoms with Gasteiger partial charge in [-0.05, 0) is 24.6 Å². The molecule has 0 unspecified atom stereocenters. The number of ketones is 1. The van der Waals surface area contributed by atoms with E-state index in [0.717, 1.165) is 11.1 Å². The van der Waals surface area contributed by atoms with Gasteiger partial charge in [0.15, 0.2) is 5.78 Å². The topological polar surface area (TPSA) is 26.3 Å². The number of allylic oxidation sites excluding steroid dienone is 1. The van der Waals surface area contributed by atoms with Crippen molar-refractivity contribution in [2.45, 2.75) is 20.0 Å². The highest BCUT2D eigenvalue weighted by Crippen LogP contribution is 2.17. The molecule has 0 atom stereocenters. The summed E-state index contributed by atoms with van der Waals surface area (Å²) in [5.74, 6) is 0.782. The second-order valence-electron chi connectivity index (χ2n) is 4.86. The van der Waals surface area contributed by atoms with Gasteiger partial charge in [0.2, 0.25) is 0 Å². The van der Waals surface area contributed by atoms with Gasteiger partial charge < -0.3 is 4.74 Å². The summed E-state index contributed by atoms with van der Waals surface area (Å²) >= 11 is 0.